The van der Waals surface area contributed by atoms with E-state index < -0.39 is 24.1 Å². The van der Waals surface area contributed by atoms with Crippen LogP contribution in [0.3, 0.4) is 0 Å². The van der Waals surface area contributed by atoms with Crippen molar-refractivity contribution in [3.8, 4) is 11.1 Å². The Morgan fingerprint density at radius 1 is 1.03 bits per heavy atom. The van der Waals surface area contributed by atoms with Crippen LogP contribution in [-0.2, 0) is 14.3 Å². The number of rotatable bonds is 9. The van der Waals surface area contributed by atoms with Crippen LogP contribution < -0.4 is 5.32 Å². The van der Waals surface area contributed by atoms with Crippen molar-refractivity contribution in [3.05, 3.63) is 59.7 Å². The minimum atomic E-state index is -1.06. The molecule has 2 amide bonds. The van der Waals surface area contributed by atoms with E-state index in [4.69, 9.17) is 4.74 Å². The highest BCUT2D eigenvalue weighted by Crippen LogP contribution is 2.44. The number of likely N-dealkylation sites (N-methyl/N-ethyl adjacent to an activating group) is 1. The summed E-state index contributed by atoms with van der Waals surface area (Å²) >= 11 is 0. The summed E-state index contributed by atoms with van der Waals surface area (Å²) in [5.74, 6) is -1.42. The zero-order valence-corrected chi connectivity index (χ0v) is 21.2. The minimum absolute atomic E-state index is 0.00687. The van der Waals surface area contributed by atoms with Crippen LogP contribution >= 0.6 is 0 Å². The topological polar surface area (TPSA) is 95.9 Å². The summed E-state index contributed by atoms with van der Waals surface area (Å²) in [7, 11) is 0. The Morgan fingerprint density at radius 3 is 2.06 bits per heavy atom. The van der Waals surface area contributed by atoms with E-state index >= 15 is 0 Å². The van der Waals surface area contributed by atoms with E-state index in [2.05, 4.69) is 29.6 Å². The van der Waals surface area contributed by atoms with Crippen molar-refractivity contribution in [1.29, 1.82) is 0 Å². The van der Waals surface area contributed by atoms with Crippen LogP contribution in [0.15, 0.2) is 48.5 Å². The summed E-state index contributed by atoms with van der Waals surface area (Å²) in [5.41, 5.74) is 4.41. The fourth-order valence-electron chi connectivity index (χ4n) is 4.85. The molecule has 2 unspecified atom stereocenters. The number of carboxylic acid groups (broad SMARTS) is 1. The van der Waals surface area contributed by atoms with Gasteiger partial charge in [0.1, 0.15) is 12.6 Å². The number of carbonyl (C=O) groups is 3. The second-order valence-corrected chi connectivity index (χ2v) is 10.3. The second-order valence-electron chi connectivity index (χ2n) is 10.3. The molecule has 0 saturated carbocycles. The maximum Gasteiger partial charge on any atom is 0.407 e. The molecule has 0 spiro atoms. The lowest BCUT2D eigenvalue weighted by Crippen LogP contribution is -2.47. The maximum absolute atomic E-state index is 12.9. The van der Waals surface area contributed by atoms with E-state index in [9.17, 15) is 19.5 Å². The molecule has 0 radical (unpaired) electrons. The van der Waals surface area contributed by atoms with Gasteiger partial charge in [-0.05, 0) is 47.9 Å². The Morgan fingerprint density at radius 2 is 1.57 bits per heavy atom. The van der Waals surface area contributed by atoms with Crippen molar-refractivity contribution in [2.45, 2.75) is 65.5 Å². The smallest absolute Gasteiger partial charge is 0.407 e. The Kier molecular flexibility index (Phi) is 8.20. The number of hydrogen-bond acceptors (Lipinski definition) is 4. The Bertz CT molecular complexity index is 1030. The van der Waals surface area contributed by atoms with E-state index in [0.717, 1.165) is 22.3 Å². The number of nitrogens with zero attached hydrogens (tertiary/aromatic N) is 1. The van der Waals surface area contributed by atoms with E-state index in [0.29, 0.717) is 6.42 Å². The summed E-state index contributed by atoms with van der Waals surface area (Å²) in [6.45, 7) is 9.78. The predicted molar refractivity (Wildman–Crippen MR) is 135 cm³/mol. The van der Waals surface area contributed by atoms with Crippen LogP contribution in [0, 0.1) is 5.41 Å². The summed E-state index contributed by atoms with van der Waals surface area (Å²) in [4.78, 5) is 38.5. The lowest BCUT2D eigenvalue weighted by atomic mass is 9.87. The van der Waals surface area contributed by atoms with Crippen molar-refractivity contribution in [2.24, 2.45) is 5.41 Å². The van der Waals surface area contributed by atoms with Crippen molar-refractivity contribution in [2.75, 3.05) is 13.2 Å². The van der Waals surface area contributed by atoms with Crippen molar-refractivity contribution >= 4 is 18.0 Å². The molecule has 0 bridgehead atoms. The standard InChI is InChI=1S/C28H36N2O5/c1-6-30(18(2)26(32)33)25(31)15-19(16-28(3,4)5)29-27(34)35-17-24-22-13-9-7-11-20(22)21-12-8-10-14-23(21)24/h7-14,18-19,24H,6,15-17H2,1-5H3,(H,29,34)(H,32,33). The first-order chi connectivity index (χ1) is 16.5. The first kappa shape index (κ1) is 26.3. The second kappa shape index (κ2) is 10.9. The fraction of sp³-hybridized carbons (Fsp3) is 0.464. The van der Waals surface area contributed by atoms with Gasteiger partial charge in [-0.2, -0.15) is 0 Å². The molecule has 0 heterocycles. The largest absolute Gasteiger partial charge is 0.480 e. The quantitative estimate of drug-likeness (QED) is 0.524. The molecule has 2 N–H and O–H groups in total. The van der Waals surface area contributed by atoms with Gasteiger partial charge in [0.15, 0.2) is 0 Å². The molecular formula is C28H36N2O5. The van der Waals surface area contributed by atoms with Crippen molar-refractivity contribution < 1.29 is 24.2 Å². The van der Waals surface area contributed by atoms with E-state index in [1.807, 2.05) is 45.0 Å². The number of carbonyl (C=O) groups excluding carboxylic acids is 2. The number of alkyl carbamates (subject to hydrolysis) is 1. The highest BCUT2D eigenvalue weighted by atomic mass is 16.5. The SMILES string of the molecule is CCN(C(=O)CC(CC(C)(C)C)NC(=O)OCC1c2ccccc2-c2ccccc21)C(C)C(=O)O. The average Bonchev–Trinajstić information content (AvgIpc) is 3.10. The monoisotopic (exact) mass is 480 g/mol. The number of fused-ring (bicyclic) bond motifs is 3. The third-order valence-corrected chi connectivity index (χ3v) is 6.43. The van der Waals surface area contributed by atoms with E-state index in [1.165, 1.54) is 11.8 Å². The molecule has 0 saturated heterocycles. The third kappa shape index (κ3) is 6.41. The zero-order chi connectivity index (χ0) is 25.8. The Hall–Kier alpha value is -3.35. The molecule has 2 aromatic rings. The Balaban J connectivity index is 1.68. The molecule has 0 fully saturated rings. The van der Waals surface area contributed by atoms with Gasteiger partial charge in [-0.3, -0.25) is 4.79 Å². The molecule has 0 aliphatic heterocycles. The molecule has 7 nitrogen and oxygen atoms in total. The van der Waals surface area contributed by atoms with E-state index in [1.54, 1.807) is 6.92 Å². The van der Waals surface area contributed by atoms with E-state index in [-0.39, 0.29) is 36.8 Å². The summed E-state index contributed by atoms with van der Waals surface area (Å²) < 4.78 is 5.67. The minimum Gasteiger partial charge on any atom is -0.480 e. The van der Waals surface area contributed by atoms with Crippen molar-refractivity contribution in [3.63, 3.8) is 0 Å². The van der Waals surface area contributed by atoms with Gasteiger partial charge < -0.3 is 20.1 Å². The molecule has 2 atom stereocenters. The van der Waals surface area contributed by atoms with Gasteiger partial charge in [-0.25, -0.2) is 9.59 Å². The molecule has 0 aromatic heterocycles. The van der Waals surface area contributed by atoms with Crippen LogP contribution in [0.4, 0.5) is 4.79 Å². The predicted octanol–water partition coefficient (Wildman–Crippen LogP) is 5.04. The highest BCUT2D eigenvalue weighted by Gasteiger charge is 2.31. The number of benzene rings is 2. The number of nitrogens with one attached hydrogen (secondary N) is 1. The number of ether oxygens (including phenoxy) is 1. The van der Waals surface area contributed by atoms with Crippen LogP contribution in [-0.4, -0.2) is 53.2 Å². The highest BCUT2D eigenvalue weighted by molar-refractivity contribution is 5.84. The van der Waals surface area contributed by atoms with Gasteiger partial charge in [0, 0.05) is 24.9 Å². The van der Waals surface area contributed by atoms with Gasteiger partial charge >= 0.3 is 12.1 Å². The number of amides is 2. The first-order valence-electron chi connectivity index (χ1n) is 12.2. The third-order valence-electron chi connectivity index (χ3n) is 6.43. The van der Waals surface area contributed by atoms with Gasteiger partial charge in [-0.1, -0.05) is 69.3 Å². The summed E-state index contributed by atoms with van der Waals surface area (Å²) in [6, 6.07) is 14.9. The van der Waals surface area contributed by atoms with Crippen LogP contribution in [0.2, 0.25) is 0 Å². The summed E-state index contributed by atoms with van der Waals surface area (Å²) in [5, 5.41) is 12.2. The lowest BCUT2D eigenvalue weighted by molar-refractivity contribution is -0.149. The number of aliphatic carboxylic acids is 1. The van der Waals surface area contributed by atoms with Crippen LogP contribution in [0.5, 0.6) is 0 Å². The molecule has 2 aromatic carbocycles. The molecule has 188 valence electrons. The average molecular weight is 481 g/mol. The van der Waals surface area contributed by atoms with Gasteiger partial charge in [-0.15, -0.1) is 0 Å². The zero-order valence-electron chi connectivity index (χ0n) is 21.2. The molecule has 3 rings (SSSR count). The van der Waals surface area contributed by atoms with Gasteiger partial charge in [0.25, 0.3) is 0 Å². The van der Waals surface area contributed by atoms with Gasteiger partial charge in [0.05, 0.1) is 0 Å². The molecule has 1 aliphatic carbocycles. The molecule has 1 aliphatic rings. The number of hydrogen-bond donors (Lipinski definition) is 2. The fourth-order valence-corrected chi connectivity index (χ4v) is 4.85. The molecule has 7 heteroatoms. The first-order valence-corrected chi connectivity index (χ1v) is 12.2. The molecular weight excluding hydrogens is 444 g/mol. The lowest BCUT2D eigenvalue weighted by Gasteiger charge is -2.30. The van der Waals surface area contributed by atoms with Crippen molar-refractivity contribution in [1.82, 2.24) is 10.2 Å². The van der Waals surface area contributed by atoms with Crippen LogP contribution in [0.1, 0.15) is 64.5 Å². The normalized spacial score (nSPS) is 14.4. The molecule has 35 heavy (non-hydrogen) atoms. The Labute approximate surface area is 207 Å². The van der Waals surface area contributed by atoms with Crippen LogP contribution in [0.25, 0.3) is 11.1 Å². The maximum atomic E-state index is 12.9. The van der Waals surface area contributed by atoms with Gasteiger partial charge in [0.2, 0.25) is 5.91 Å². The number of carboxylic acids is 1. The summed E-state index contributed by atoms with van der Waals surface area (Å²) in [6.07, 6.45) is -0.0299.